The number of carbonyl (C=O) groups excluding carboxylic acids is 2. The maximum Gasteiger partial charge on any atom is 0.264 e. The second-order valence-corrected chi connectivity index (χ2v) is 14.2. The molecule has 0 saturated carbocycles. The summed E-state index contributed by atoms with van der Waals surface area (Å²) in [5, 5.41) is 3.75. The number of carbonyl (C=O) groups is 2. The molecule has 0 spiro atoms. The quantitative estimate of drug-likeness (QED) is 0.152. The molecule has 0 heterocycles. The number of halogens is 4. The lowest BCUT2D eigenvalue weighted by Crippen LogP contribution is -2.54. The third-order valence-corrected chi connectivity index (χ3v) is 10.6. The first-order valence-electron chi connectivity index (χ1n) is 14.5. The van der Waals surface area contributed by atoms with Crippen molar-refractivity contribution in [1.29, 1.82) is 0 Å². The van der Waals surface area contributed by atoms with E-state index in [0.29, 0.717) is 17.0 Å². The second-order valence-electron chi connectivity index (χ2n) is 10.7. The molecule has 46 heavy (non-hydrogen) atoms. The number of benzene rings is 4. The summed E-state index contributed by atoms with van der Waals surface area (Å²) < 4.78 is 29.2. The SMILES string of the molecule is CC[C@H](C)NC(=O)[C@H](Cc1ccccc1)N(Cc1ccc(Cl)cc1Cl)C(=O)CN(c1cccc(Cl)c1Cl)S(=O)(=O)c1ccccc1. The van der Waals surface area contributed by atoms with Gasteiger partial charge in [-0.25, -0.2) is 8.42 Å². The van der Waals surface area contributed by atoms with Crippen molar-refractivity contribution in [3.05, 3.63) is 128 Å². The first-order chi connectivity index (χ1) is 21.9. The first kappa shape index (κ1) is 35.6. The van der Waals surface area contributed by atoms with Gasteiger partial charge in [0.15, 0.2) is 0 Å². The third kappa shape index (κ3) is 8.75. The maximum absolute atomic E-state index is 14.6. The highest BCUT2D eigenvalue weighted by Gasteiger charge is 2.36. The highest BCUT2D eigenvalue weighted by Crippen LogP contribution is 2.36. The van der Waals surface area contributed by atoms with Gasteiger partial charge in [-0.05, 0) is 60.9 Å². The van der Waals surface area contributed by atoms with Crippen LogP contribution in [0.2, 0.25) is 20.1 Å². The van der Waals surface area contributed by atoms with E-state index >= 15 is 0 Å². The molecule has 0 fully saturated rings. The topological polar surface area (TPSA) is 86.8 Å². The Morgan fingerprint density at radius 3 is 2.11 bits per heavy atom. The third-order valence-electron chi connectivity index (χ3n) is 7.44. The lowest BCUT2D eigenvalue weighted by molar-refractivity contribution is -0.140. The number of nitrogens with zero attached hydrogens (tertiary/aromatic N) is 2. The van der Waals surface area contributed by atoms with Crippen molar-refractivity contribution in [3.63, 3.8) is 0 Å². The molecule has 0 radical (unpaired) electrons. The van der Waals surface area contributed by atoms with Crippen LogP contribution in [0.3, 0.4) is 0 Å². The fraction of sp³-hybridized carbons (Fsp3) is 0.235. The van der Waals surface area contributed by atoms with Gasteiger partial charge in [-0.15, -0.1) is 0 Å². The fourth-order valence-electron chi connectivity index (χ4n) is 4.75. The monoisotopic (exact) mass is 719 g/mol. The minimum absolute atomic E-state index is 0.0134. The molecule has 0 aliphatic carbocycles. The van der Waals surface area contributed by atoms with Gasteiger partial charge in [-0.1, -0.05) is 114 Å². The van der Waals surface area contributed by atoms with Crippen LogP contribution in [0.15, 0.2) is 102 Å². The summed E-state index contributed by atoms with van der Waals surface area (Å²) in [5.74, 6) is -1.06. The number of sulfonamides is 1. The van der Waals surface area contributed by atoms with Gasteiger partial charge in [0.05, 0.1) is 20.6 Å². The average Bonchev–Trinajstić information content (AvgIpc) is 3.04. The number of hydrogen-bond acceptors (Lipinski definition) is 4. The van der Waals surface area contributed by atoms with Crippen molar-refractivity contribution in [3.8, 4) is 0 Å². The first-order valence-corrected chi connectivity index (χ1v) is 17.5. The summed E-state index contributed by atoms with van der Waals surface area (Å²) in [4.78, 5) is 29.8. The van der Waals surface area contributed by atoms with E-state index in [1.54, 1.807) is 42.5 Å². The van der Waals surface area contributed by atoms with Gasteiger partial charge in [0.2, 0.25) is 11.8 Å². The largest absolute Gasteiger partial charge is 0.352 e. The van der Waals surface area contributed by atoms with Gasteiger partial charge >= 0.3 is 0 Å². The number of hydrogen-bond donors (Lipinski definition) is 1. The minimum Gasteiger partial charge on any atom is -0.352 e. The van der Waals surface area contributed by atoms with Crippen LogP contribution in [0.5, 0.6) is 0 Å². The Morgan fingerprint density at radius 1 is 0.826 bits per heavy atom. The van der Waals surface area contributed by atoms with Crippen molar-refractivity contribution < 1.29 is 18.0 Å². The van der Waals surface area contributed by atoms with Crippen LogP contribution in [-0.2, 0) is 32.6 Å². The highest BCUT2D eigenvalue weighted by molar-refractivity contribution is 7.92. The zero-order valence-electron chi connectivity index (χ0n) is 25.2. The van der Waals surface area contributed by atoms with E-state index in [-0.39, 0.29) is 44.7 Å². The van der Waals surface area contributed by atoms with Crippen LogP contribution in [0, 0.1) is 0 Å². The molecule has 4 rings (SSSR count). The molecule has 242 valence electrons. The lowest BCUT2D eigenvalue weighted by atomic mass is 10.0. The second kappa shape index (κ2) is 16.0. The summed E-state index contributed by atoms with van der Waals surface area (Å²) in [5.41, 5.74) is 1.34. The molecule has 4 aromatic carbocycles. The molecule has 0 saturated heterocycles. The van der Waals surface area contributed by atoms with E-state index in [1.165, 1.54) is 29.2 Å². The molecule has 2 amide bonds. The zero-order chi connectivity index (χ0) is 33.4. The van der Waals surface area contributed by atoms with Crippen molar-refractivity contribution in [2.75, 3.05) is 10.8 Å². The summed E-state index contributed by atoms with van der Waals surface area (Å²) in [6.07, 6.45) is 0.820. The summed E-state index contributed by atoms with van der Waals surface area (Å²) in [6, 6.07) is 25.1. The Bertz CT molecular complexity index is 1780. The Morgan fingerprint density at radius 2 is 1.48 bits per heavy atom. The molecule has 2 atom stereocenters. The number of amides is 2. The molecule has 0 aliphatic rings. The van der Waals surface area contributed by atoms with E-state index in [4.69, 9.17) is 46.4 Å². The Labute approximate surface area is 290 Å². The molecule has 0 aliphatic heterocycles. The normalized spacial score (nSPS) is 12.7. The van der Waals surface area contributed by atoms with Crippen molar-refractivity contribution >= 4 is 73.9 Å². The van der Waals surface area contributed by atoms with Crippen LogP contribution in [0.4, 0.5) is 5.69 Å². The molecule has 1 N–H and O–H groups in total. The van der Waals surface area contributed by atoms with Gasteiger partial charge in [0.25, 0.3) is 10.0 Å². The van der Waals surface area contributed by atoms with Crippen LogP contribution in [-0.4, -0.2) is 43.8 Å². The molecular weight excluding hydrogens is 688 g/mol. The zero-order valence-corrected chi connectivity index (χ0v) is 29.0. The predicted octanol–water partition coefficient (Wildman–Crippen LogP) is 8.05. The molecule has 12 heteroatoms. The summed E-state index contributed by atoms with van der Waals surface area (Å²) >= 11 is 25.6. The van der Waals surface area contributed by atoms with E-state index in [1.807, 2.05) is 44.2 Å². The van der Waals surface area contributed by atoms with E-state index in [2.05, 4.69) is 5.32 Å². The van der Waals surface area contributed by atoms with Crippen LogP contribution in [0.1, 0.15) is 31.4 Å². The Hall–Kier alpha value is -3.27. The van der Waals surface area contributed by atoms with Gasteiger partial charge in [0.1, 0.15) is 12.6 Å². The van der Waals surface area contributed by atoms with Gasteiger partial charge in [0, 0.05) is 29.1 Å². The predicted molar refractivity (Wildman–Crippen MR) is 186 cm³/mol. The van der Waals surface area contributed by atoms with E-state index in [9.17, 15) is 18.0 Å². The molecule has 4 aromatic rings. The molecule has 7 nitrogen and oxygen atoms in total. The smallest absolute Gasteiger partial charge is 0.264 e. The summed E-state index contributed by atoms with van der Waals surface area (Å²) in [6.45, 7) is 3.01. The summed E-state index contributed by atoms with van der Waals surface area (Å²) in [7, 11) is -4.34. The number of nitrogens with one attached hydrogen (secondary N) is 1. The standard InChI is InChI=1S/C34H33Cl4N3O4S/c1-3-23(2)39-34(43)31(19-24-11-6-4-7-12-24)40(21-25-17-18-26(35)20-29(25)37)32(42)22-41(30-16-10-15-28(36)33(30)38)46(44,45)27-13-8-5-9-14-27/h4-18,20,23,31H,3,19,21-22H2,1-2H3,(H,39,43)/t23-,31-/m0/s1. The Kier molecular flexibility index (Phi) is 12.4. The van der Waals surface area contributed by atoms with E-state index < -0.39 is 34.4 Å². The molecule has 0 bridgehead atoms. The van der Waals surface area contributed by atoms with Crippen LogP contribution < -0.4 is 9.62 Å². The van der Waals surface area contributed by atoms with Crippen molar-refractivity contribution in [2.24, 2.45) is 0 Å². The lowest BCUT2D eigenvalue weighted by Gasteiger charge is -2.34. The van der Waals surface area contributed by atoms with Gasteiger partial charge in [-0.3, -0.25) is 13.9 Å². The van der Waals surface area contributed by atoms with Gasteiger partial charge in [-0.2, -0.15) is 0 Å². The van der Waals surface area contributed by atoms with Crippen molar-refractivity contribution in [1.82, 2.24) is 10.2 Å². The molecule has 0 unspecified atom stereocenters. The number of anilines is 1. The number of rotatable bonds is 13. The average molecular weight is 722 g/mol. The van der Waals surface area contributed by atoms with E-state index in [0.717, 1.165) is 9.87 Å². The highest BCUT2D eigenvalue weighted by atomic mass is 35.5. The Balaban J connectivity index is 1.85. The van der Waals surface area contributed by atoms with Crippen LogP contribution in [0.25, 0.3) is 0 Å². The van der Waals surface area contributed by atoms with Gasteiger partial charge < -0.3 is 10.2 Å². The molecule has 0 aromatic heterocycles. The van der Waals surface area contributed by atoms with Crippen LogP contribution >= 0.6 is 46.4 Å². The fourth-order valence-corrected chi connectivity index (χ4v) is 7.11. The molecular formula is C34H33Cl4N3O4S. The van der Waals surface area contributed by atoms with Crippen molar-refractivity contribution in [2.45, 2.75) is 50.2 Å². The minimum atomic E-state index is -4.34. The maximum atomic E-state index is 14.6.